The zero-order valence-corrected chi connectivity index (χ0v) is 16.9. The van der Waals surface area contributed by atoms with E-state index in [1.165, 1.54) is 15.6 Å². The van der Waals surface area contributed by atoms with Gasteiger partial charge in [-0.1, -0.05) is 55.0 Å². The molecule has 1 aromatic heterocycles. The summed E-state index contributed by atoms with van der Waals surface area (Å²) in [5.41, 5.74) is 0.946. The van der Waals surface area contributed by atoms with Gasteiger partial charge >= 0.3 is 0 Å². The summed E-state index contributed by atoms with van der Waals surface area (Å²) in [5, 5.41) is 12.1. The van der Waals surface area contributed by atoms with Crippen LogP contribution in [0.1, 0.15) is 32.6 Å². The van der Waals surface area contributed by atoms with Crippen LogP contribution in [0, 0.1) is 5.92 Å². The Hall–Kier alpha value is -1.84. The summed E-state index contributed by atoms with van der Waals surface area (Å²) < 4.78 is 26.3. The van der Waals surface area contributed by atoms with E-state index in [1.54, 1.807) is 0 Å². The molecule has 9 heteroatoms. The van der Waals surface area contributed by atoms with Crippen molar-refractivity contribution in [3.63, 3.8) is 0 Å². The first kappa shape index (κ1) is 19.9. The predicted octanol–water partition coefficient (Wildman–Crippen LogP) is 2.99. The van der Waals surface area contributed by atoms with E-state index in [1.807, 2.05) is 37.3 Å². The van der Waals surface area contributed by atoms with Crippen molar-refractivity contribution in [1.82, 2.24) is 14.5 Å². The first-order valence-corrected chi connectivity index (χ1v) is 11.6. The number of benzene rings is 1. The zero-order chi connectivity index (χ0) is 19.3. The molecule has 1 fully saturated rings. The molecule has 1 saturated heterocycles. The van der Waals surface area contributed by atoms with Gasteiger partial charge in [-0.15, -0.1) is 10.2 Å². The van der Waals surface area contributed by atoms with Crippen molar-refractivity contribution in [2.45, 2.75) is 32.6 Å². The molecule has 1 aliphatic heterocycles. The third kappa shape index (κ3) is 5.12. The molecule has 0 unspecified atom stereocenters. The number of rotatable bonds is 7. The molecule has 7 nitrogen and oxygen atoms in total. The van der Waals surface area contributed by atoms with Gasteiger partial charge in [0, 0.05) is 18.7 Å². The minimum atomic E-state index is -3.29. The molecule has 2 aromatic rings. The number of hydrogen-bond donors (Lipinski definition) is 1. The maximum Gasteiger partial charge on any atom is 0.230 e. The van der Waals surface area contributed by atoms with Gasteiger partial charge in [0.25, 0.3) is 0 Å². The molecule has 0 aliphatic carbocycles. The topological polar surface area (TPSA) is 92.3 Å². The molecule has 0 saturated carbocycles. The Morgan fingerprint density at radius 3 is 2.81 bits per heavy atom. The number of unbranched alkanes of at least 4 members (excludes halogenated alkanes) is 1. The van der Waals surface area contributed by atoms with E-state index in [-0.39, 0.29) is 24.1 Å². The minimum absolute atomic E-state index is 0.147. The second kappa shape index (κ2) is 8.90. The molecule has 1 amide bonds. The van der Waals surface area contributed by atoms with E-state index in [2.05, 4.69) is 15.5 Å². The highest BCUT2D eigenvalue weighted by Gasteiger charge is 2.32. The largest absolute Gasteiger partial charge is 0.300 e. The SMILES string of the molecule is CCCCS(=O)(=O)N1CCC[C@H](C(=O)Nc2nnc(-c3ccccc3)s2)C1. The van der Waals surface area contributed by atoms with Gasteiger partial charge in [0.1, 0.15) is 5.01 Å². The summed E-state index contributed by atoms with van der Waals surface area (Å²) in [5.74, 6) is -0.408. The third-order valence-corrected chi connectivity index (χ3v) is 7.39. The van der Waals surface area contributed by atoms with Crippen molar-refractivity contribution in [2.24, 2.45) is 5.92 Å². The van der Waals surface area contributed by atoms with Gasteiger partial charge in [-0.25, -0.2) is 12.7 Å². The smallest absolute Gasteiger partial charge is 0.230 e. The summed E-state index contributed by atoms with van der Waals surface area (Å²) in [6.45, 7) is 2.70. The number of carbonyl (C=O) groups is 1. The van der Waals surface area contributed by atoms with Gasteiger partial charge in [-0.2, -0.15) is 0 Å². The zero-order valence-electron chi connectivity index (χ0n) is 15.3. The van der Waals surface area contributed by atoms with Crippen LogP contribution in [0.15, 0.2) is 30.3 Å². The molecule has 27 heavy (non-hydrogen) atoms. The summed E-state index contributed by atoms with van der Waals surface area (Å²) in [7, 11) is -3.29. The normalized spacial score (nSPS) is 18.3. The highest BCUT2D eigenvalue weighted by Crippen LogP contribution is 2.27. The van der Waals surface area contributed by atoms with Gasteiger partial charge in [0.05, 0.1) is 11.7 Å². The number of sulfonamides is 1. The van der Waals surface area contributed by atoms with Crippen LogP contribution in [0.2, 0.25) is 0 Å². The van der Waals surface area contributed by atoms with Gasteiger partial charge in [0.2, 0.25) is 21.1 Å². The number of aromatic nitrogens is 2. The molecule has 2 heterocycles. The summed E-state index contributed by atoms with van der Waals surface area (Å²) in [4.78, 5) is 12.6. The average Bonchev–Trinajstić information content (AvgIpc) is 3.16. The lowest BCUT2D eigenvalue weighted by atomic mass is 9.99. The minimum Gasteiger partial charge on any atom is -0.300 e. The predicted molar refractivity (Wildman–Crippen MR) is 107 cm³/mol. The van der Waals surface area contributed by atoms with E-state index < -0.39 is 10.0 Å². The fourth-order valence-electron chi connectivity index (χ4n) is 3.04. The highest BCUT2D eigenvalue weighted by molar-refractivity contribution is 7.89. The Bertz CT molecular complexity index is 868. The van der Waals surface area contributed by atoms with Crippen LogP contribution in [0.3, 0.4) is 0 Å². The van der Waals surface area contributed by atoms with Gasteiger partial charge in [-0.05, 0) is 19.3 Å². The number of nitrogens with zero attached hydrogens (tertiary/aromatic N) is 3. The van der Waals surface area contributed by atoms with E-state index >= 15 is 0 Å². The van der Waals surface area contributed by atoms with Crippen molar-refractivity contribution in [3.8, 4) is 10.6 Å². The van der Waals surface area contributed by atoms with Crippen molar-refractivity contribution in [1.29, 1.82) is 0 Å². The molecular formula is C18H24N4O3S2. The van der Waals surface area contributed by atoms with Crippen LogP contribution in [0.25, 0.3) is 10.6 Å². The number of amides is 1. The molecule has 3 rings (SSSR count). The molecule has 1 N–H and O–H groups in total. The fraction of sp³-hybridized carbons (Fsp3) is 0.500. The first-order valence-electron chi connectivity index (χ1n) is 9.17. The number of hydrogen-bond acceptors (Lipinski definition) is 6. The molecule has 0 spiro atoms. The Labute approximate surface area is 163 Å². The standard InChI is InChI=1S/C18H24N4O3S2/c1-2-3-12-27(24,25)22-11-7-10-15(13-22)16(23)19-18-21-20-17(26-18)14-8-5-4-6-9-14/h4-6,8-9,15H,2-3,7,10-13H2,1H3,(H,19,21,23)/t15-/m0/s1. The maximum atomic E-state index is 12.6. The Morgan fingerprint density at radius 1 is 1.30 bits per heavy atom. The molecular weight excluding hydrogens is 384 g/mol. The van der Waals surface area contributed by atoms with Gasteiger partial charge in [-0.3, -0.25) is 4.79 Å². The van der Waals surface area contributed by atoms with Crippen LogP contribution in [0.4, 0.5) is 5.13 Å². The Kier molecular flexibility index (Phi) is 6.56. The number of piperidine rings is 1. The lowest BCUT2D eigenvalue weighted by Gasteiger charge is -2.31. The molecule has 146 valence electrons. The lowest BCUT2D eigenvalue weighted by molar-refractivity contribution is -0.120. The Balaban J connectivity index is 1.62. The van der Waals surface area contributed by atoms with E-state index in [4.69, 9.17) is 0 Å². The number of carbonyl (C=O) groups excluding carboxylic acids is 1. The van der Waals surface area contributed by atoms with E-state index in [9.17, 15) is 13.2 Å². The van der Waals surface area contributed by atoms with Crippen LogP contribution >= 0.6 is 11.3 Å². The Morgan fingerprint density at radius 2 is 2.07 bits per heavy atom. The molecule has 0 bridgehead atoms. The molecule has 0 radical (unpaired) electrons. The summed E-state index contributed by atoms with van der Waals surface area (Å²) >= 11 is 1.31. The second-order valence-corrected chi connectivity index (χ2v) is 9.70. The van der Waals surface area contributed by atoms with Crippen molar-refractivity contribution in [2.75, 3.05) is 24.2 Å². The third-order valence-electron chi connectivity index (χ3n) is 4.58. The summed E-state index contributed by atoms with van der Waals surface area (Å²) in [6.07, 6.45) is 2.84. The average molecular weight is 409 g/mol. The van der Waals surface area contributed by atoms with Crippen molar-refractivity contribution in [3.05, 3.63) is 30.3 Å². The van der Waals surface area contributed by atoms with Gasteiger partial charge in [0.15, 0.2) is 0 Å². The van der Waals surface area contributed by atoms with E-state index in [0.29, 0.717) is 30.9 Å². The lowest BCUT2D eigenvalue weighted by Crippen LogP contribution is -2.44. The van der Waals surface area contributed by atoms with E-state index in [0.717, 1.165) is 17.0 Å². The van der Waals surface area contributed by atoms with Crippen LogP contribution in [-0.2, 0) is 14.8 Å². The second-order valence-electron chi connectivity index (χ2n) is 6.63. The van der Waals surface area contributed by atoms with Crippen LogP contribution < -0.4 is 5.32 Å². The van der Waals surface area contributed by atoms with Gasteiger partial charge < -0.3 is 5.32 Å². The van der Waals surface area contributed by atoms with Crippen molar-refractivity contribution >= 4 is 32.4 Å². The quantitative estimate of drug-likeness (QED) is 0.760. The van der Waals surface area contributed by atoms with Crippen LogP contribution in [0.5, 0.6) is 0 Å². The molecule has 1 aliphatic rings. The number of nitrogens with one attached hydrogen (secondary N) is 1. The fourth-order valence-corrected chi connectivity index (χ4v) is 5.52. The highest BCUT2D eigenvalue weighted by atomic mass is 32.2. The monoisotopic (exact) mass is 408 g/mol. The van der Waals surface area contributed by atoms with Crippen LogP contribution in [-0.4, -0.2) is 47.7 Å². The summed E-state index contributed by atoms with van der Waals surface area (Å²) in [6, 6.07) is 9.64. The molecule has 1 atom stereocenters. The van der Waals surface area contributed by atoms with Crippen molar-refractivity contribution < 1.29 is 13.2 Å². The molecule has 1 aromatic carbocycles. The first-order chi connectivity index (χ1) is 13.0. The number of anilines is 1. The maximum absolute atomic E-state index is 12.6.